The fourth-order valence-electron chi connectivity index (χ4n) is 3.00. The molecule has 1 unspecified atom stereocenters. The van der Waals surface area contributed by atoms with Crippen molar-refractivity contribution in [3.8, 4) is 5.75 Å². The first kappa shape index (κ1) is 17.0. The number of amides is 1. The second-order valence-corrected chi connectivity index (χ2v) is 7.40. The van der Waals surface area contributed by atoms with Crippen LogP contribution in [0.15, 0.2) is 42.5 Å². The van der Waals surface area contributed by atoms with Crippen LogP contribution in [0.5, 0.6) is 5.75 Å². The highest BCUT2D eigenvalue weighted by Crippen LogP contribution is 2.28. The van der Waals surface area contributed by atoms with E-state index in [9.17, 15) is 4.79 Å². The highest BCUT2D eigenvalue weighted by Gasteiger charge is 2.16. The Hall–Kier alpha value is -2.44. The van der Waals surface area contributed by atoms with Crippen LogP contribution in [-0.2, 0) is 4.74 Å². The van der Waals surface area contributed by atoms with Gasteiger partial charge in [-0.2, -0.15) is 0 Å². The Bertz CT molecular complexity index is 932. The molecule has 2 heterocycles. The first-order valence-corrected chi connectivity index (χ1v) is 9.53. The Morgan fingerprint density at radius 3 is 3.04 bits per heavy atom. The number of carbonyl (C=O) groups is 1. The van der Waals surface area contributed by atoms with E-state index < -0.39 is 0 Å². The highest BCUT2D eigenvalue weighted by molar-refractivity contribution is 7.22. The van der Waals surface area contributed by atoms with Gasteiger partial charge in [0.15, 0.2) is 5.13 Å². The second kappa shape index (κ2) is 7.43. The van der Waals surface area contributed by atoms with E-state index in [4.69, 9.17) is 9.47 Å². The Morgan fingerprint density at radius 2 is 2.23 bits per heavy atom. The number of para-hydroxylation sites is 1. The molecule has 1 aliphatic heterocycles. The number of ether oxygens (including phenoxy) is 2. The molecule has 26 heavy (non-hydrogen) atoms. The molecule has 1 atom stereocenters. The van der Waals surface area contributed by atoms with Gasteiger partial charge in [-0.1, -0.05) is 29.5 Å². The maximum Gasteiger partial charge on any atom is 0.257 e. The largest absolute Gasteiger partial charge is 0.491 e. The monoisotopic (exact) mass is 368 g/mol. The number of fused-ring (bicyclic) bond motifs is 1. The lowest BCUT2D eigenvalue weighted by Crippen LogP contribution is -2.16. The number of rotatable bonds is 5. The lowest BCUT2D eigenvalue weighted by atomic mass is 10.2. The van der Waals surface area contributed by atoms with Crippen molar-refractivity contribution in [2.75, 3.05) is 18.5 Å². The topological polar surface area (TPSA) is 60.5 Å². The third kappa shape index (κ3) is 3.71. The van der Waals surface area contributed by atoms with Crippen molar-refractivity contribution in [1.29, 1.82) is 0 Å². The molecule has 0 saturated carbocycles. The predicted octanol–water partition coefficient (Wildman–Crippen LogP) is 4.41. The van der Waals surface area contributed by atoms with Crippen molar-refractivity contribution in [2.24, 2.45) is 0 Å². The van der Waals surface area contributed by atoms with Gasteiger partial charge in [-0.3, -0.25) is 10.1 Å². The average Bonchev–Trinajstić information content (AvgIpc) is 3.30. The third-order valence-corrected chi connectivity index (χ3v) is 5.33. The number of benzene rings is 2. The summed E-state index contributed by atoms with van der Waals surface area (Å²) < 4.78 is 12.4. The van der Waals surface area contributed by atoms with Crippen LogP contribution in [0, 0.1) is 6.92 Å². The van der Waals surface area contributed by atoms with Gasteiger partial charge in [0, 0.05) is 12.2 Å². The number of anilines is 1. The Morgan fingerprint density at radius 1 is 1.35 bits per heavy atom. The maximum atomic E-state index is 12.6. The molecule has 134 valence electrons. The van der Waals surface area contributed by atoms with Crippen LogP contribution in [0.1, 0.15) is 28.8 Å². The van der Waals surface area contributed by atoms with Crippen molar-refractivity contribution >= 4 is 32.6 Å². The number of nitrogens with zero attached hydrogens (tertiary/aromatic N) is 1. The molecule has 1 fully saturated rings. The van der Waals surface area contributed by atoms with Gasteiger partial charge >= 0.3 is 0 Å². The van der Waals surface area contributed by atoms with Gasteiger partial charge in [0.1, 0.15) is 12.4 Å². The molecule has 1 aliphatic rings. The summed E-state index contributed by atoms with van der Waals surface area (Å²) in [6, 6.07) is 13.2. The number of aromatic nitrogens is 1. The third-order valence-electron chi connectivity index (χ3n) is 4.40. The number of thiazole rings is 1. The van der Waals surface area contributed by atoms with E-state index in [1.54, 1.807) is 12.1 Å². The molecule has 1 aromatic heterocycles. The van der Waals surface area contributed by atoms with E-state index >= 15 is 0 Å². The molecule has 1 saturated heterocycles. The molecule has 1 amide bonds. The molecular weight excluding hydrogens is 348 g/mol. The number of aryl methyl sites for hydroxylation is 1. The van der Waals surface area contributed by atoms with Gasteiger partial charge in [-0.25, -0.2) is 4.98 Å². The van der Waals surface area contributed by atoms with Gasteiger partial charge in [-0.05, 0) is 49.6 Å². The summed E-state index contributed by atoms with van der Waals surface area (Å²) >= 11 is 1.47. The minimum atomic E-state index is -0.190. The van der Waals surface area contributed by atoms with E-state index in [1.165, 1.54) is 11.3 Å². The van der Waals surface area contributed by atoms with Crippen LogP contribution in [0.3, 0.4) is 0 Å². The molecule has 6 heteroatoms. The molecule has 2 aromatic carbocycles. The summed E-state index contributed by atoms with van der Waals surface area (Å²) in [6.45, 7) is 3.34. The minimum Gasteiger partial charge on any atom is -0.491 e. The van der Waals surface area contributed by atoms with Gasteiger partial charge in [-0.15, -0.1) is 0 Å². The van der Waals surface area contributed by atoms with Crippen molar-refractivity contribution in [3.05, 3.63) is 53.6 Å². The fourth-order valence-corrected chi connectivity index (χ4v) is 3.94. The van der Waals surface area contributed by atoms with Gasteiger partial charge in [0.25, 0.3) is 5.91 Å². The molecule has 4 rings (SSSR count). The molecule has 0 radical (unpaired) electrons. The molecule has 5 nitrogen and oxygen atoms in total. The smallest absolute Gasteiger partial charge is 0.257 e. The minimum absolute atomic E-state index is 0.151. The summed E-state index contributed by atoms with van der Waals surface area (Å²) in [5, 5.41) is 3.49. The van der Waals surface area contributed by atoms with Gasteiger partial charge in [0.05, 0.1) is 16.3 Å². The first-order chi connectivity index (χ1) is 12.7. The van der Waals surface area contributed by atoms with Crippen molar-refractivity contribution in [1.82, 2.24) is 4.98 Å². The zero-order valence-electron chi connectivity index (χ0n) is 14.5. The molecule has 3 aromatic rings. The molecule has 0 bridgehead atoms. The van der Waals surface area contributed by atoms with Crippen LogP contribution < -0.4 is 10.1 Å². The van der Waals surface area contributed by atoms with Crippen LogP contribution in [0.2, 0.25) is 0 Å². The van der Waals surface area contributed by atoms with E-state index in [0.717, 1.165) is 35.2 Å². The molecule has 0 spiro atoms. The first-order valence-electron chi connectivity index (χ1n) is 8.71. The van der Waals surface area contributed by atoms with Crippen LogP contribution in [0.4, 0.5) is 5.13 Å². The Balaban J connectivity index is 1.45. The summed E-state index contributed by atoms with van der Waals surface area (Å²) in [5.41, 5.74) is 2.58. The lowest BCUT2D eigenvalue weighted by molar-refractivity contribution is 0.0679. The van der Waals surface area contributed by atoms with Crippen LogP contribution >= 0.6 is 11.3 Å². The van der Waals surface area contributed by atoms with Gasteiger partial charge in [0.2, 0.25) is 0 Å². The van der Waals surface area contributed by atoms with Crippen molar-refractivity contribution in [2.45, 2.75) is 25.9 Å². The fraction of sp³-hybridized carbons (Fsp3) is 0.300. The van der Waals surface area contributed by atoms with Crippen LogP contribution in [-0.4, -0.2) is 30.2 Å². The Labute approximate surface area is 156 Å². The molecular formula is C20H20N2O3S. The second-order valence-electron chi connectivity index (χ2n) is 6.37. The van der Waals surface area contributed by atoms with Gasteiger partial charge < -0.3 is 9.47 Å². The number of hydrogen-bond acceptors (Lipinski definition) is 5. The lowest BCUT2D eigenvalue weighted by Gasteiger charge is -2.12. The van der Waals surface area contributed by atoms with E-state index in [-0.39, 0.29) is 12.0 Å². The standard InChI is InChI=1S/C20H20N2O3S/c1-13-5-2-9-17-18(13)21-20(26-17)22-19(23)14-6-3-7-15(11-14)25-12-16-8-4-10-24-16/h2-3,5-7,9,11,16H,4,8,10,12H2,1H3,(H,21,22,23). The highest BCUT2D eigenvalue weighted by atomic mass is 32.1. The molecule has 0 aliphatic carbocycles. The summed E-state index contributed by atoms with van der Waals surface area (Å²) in [5.74, 6) is 0.484. The SMILES string of the molecule is Cc1cccc2sc(NC(=O)c3cccc(OCC4CCCO4)c3)nc12. The van der Waals surface area contributed by atoms with E-state index in [0.29, 0.717) is 23.1 Å². The summed E-state index contributed by atoms with van der Waals surface area (Å²) in [4.78, 5) is 17.1. The summed E-state index contributed by atoms with van der Waals surface area (Å²) in [6.07, 6.45) is 2.26. The Kier molecular flexibility index (Phi) is 4.86. The number of carbonyl (C=O) groups excluding carboxylic acids is 1. The van der Waals surface area contributed by atoms with E-state index in [2.05, 4.69) is 10.3 Å². The zero-order valence-corrected chi connectivity index (χ0v) is 15.3. The summed E-state index contributed by atoms with van der Waals surface area (Å²) in [7, 11) is 0. The predicted molar refractivity (Wildman–Crippen MR) is 103 cm³/mol. The van der Waals surface area contributed by atoms with E-state index in [1.807, 2.05) is 37.3 Å². The average molecular weight is 368 g/mol. The normalized spacial score (nSPS) is 16.7. The zero-order chi connectivity index (χ0) is 17.9. The van der Waals surface area contributed by atoms with Crippen LogP contribution in [0.25, 0.3) is 10.2 Å². The maximum absolute atomic E-state index is 12.6. The quantitative estimate of drug-likeness (QED) is 0.724. The van der Waals surface area contributed by atoms with Crippen molar-refractivity contribution in [3.63, 3.8) is 0 Å². The molecule has 1 N–H and O–H groups in total. The number of hydrogen-bond donors (Lipinski definition) is 1. The van der Waals surface area contributed by atoms with Crippen molar-refractivity contribution < 1.29 is 14.3 Å². The number of nitrogens with one attached hydrogen (secondary N) is 1.